The standard InChI is InChI=1S/C22H23ClN2O/c1-2-26-15-25-20-11-7-6-10-18(20)21-19(23)14-17(24-22(21)25)13-12-16-8-4-3-5-9-16/h6-7,10-11,14,16H,2-5,8-9,15H2,1H3. The van der Waals surface area contributed by atoms with E-state index < -0.39 is 0 Å². The lowest BCUT2D eigenvalue weighted by Gasteiger charge is -2.15. The lowest BCUT2D eigenvalue weighted by molar-refractivity contribution is 0.0932. The summed E-state index contributed by atoms with van der Waals surface area (Å²) < 4.78 is 7.76. The predicted molar refractivity (Wildman–Crippen MR) is 107 cm³/mol. The molecule has 1 aromatic carbocycles. The number of hydrogen-bond donors (Lipinski definition) is 0. The molecular formula is C22H23ClN2O. The van der Waals surface area contributed by atoms with Crippen LogP contribution in [0.25, 0.3) is 21.9 Å². The van der Waals surface area contributed by atoms with Gasteiger partial charge < -0.3 is 9.30 Å². The van der Waals surface area contributed by atoms with Crippen LogP contribution in [0.2, 0.25) is 5.02 Å². The molecule has 1 fully saturated rings. The van der Waals surface area contributed by atoms with Crippen LogP contribution >= 0.6 is 11.6 Å². The summed E-state index contributed by atoms with van der Waals surface area (Å²) in [4.78, 5) is 4.84. The smallest absolute Gasteiger partial charge is 0.145 e. The number of benzene rings is 1. The van der Waals surface area contributed by atoms with E-state index in [1.54, 1.807) is 0 Å². The van der Waals surface area contributed by atoms with Gasteiger partial charge in [-0.15, -0.1) is 0 Å². The van der Waals surface area contributed by atoms with Gasteiger partial charge in [-0.25, -0.2) is 4.98 Å². The molecule has 0 unspecified atom stereocenters. The molecule has 3 nitrogen and oxygen atoms in total. The molecule has 0 amide bonds. The normalized spacial score (nSPS) is 15.3. The quantitative estimate of drug-likeness (QED) is 0.550. The number of fused-ring (bicyclic) bond motifs is 3. The monoisotopic (exact) mass is 366 g/mol. The van der Waals surface area contributed by atoms with Crippen molar-refractivity contribution in [3.8, 4) is 11.8 Å². The van der Waals surface area contributed by atoms with Crippen LogP contribution in [0.4, 0.5) is 0 Å². The highest BCUT2D eigenvalue weighted by molar-refractivity contribution is 6.37. The molecule has 0 radical (unpaired) electrons. The zero-order valence-electron chi connectivity index (χ0n) is 15.1. The Balaban J connectivity index is 1.82. The summed E-state index contributed by atoms with van der Waals surface area (Å²) in [6, 6.07) is 10.1. The molecule has 1 aliphatic rings. The van der Waals surface area contributed by atoms with Crippen LogP contribution in [0.1, 0.15) is 44.7 Å². The maximum absolute atomic E-state index is 6.65. The molecule has 3 aromatic rings. The third kappa shape index (κ3) is 3.32. The van der Waals surface area contributed by atoms with Crippen LogP contribution in [-0.4, -0.2) is 16.2 Å². The molecular weight excluding hydrogens is 344 g/mol. The minimum absolute atomic E-state index is 0.462. The van der Waals surface area contributed by atoms with E-state index in [9.17, 15) is 0 Å². The number of hydrogen-bond acceptors (Lipinski definition) is 2. The largest absolute Gasteiger partial charge is 0.361 e. The molecule has 1 saturated carbocycles. The summed E-state index contributed by atoms with van der Waals surface area (Å²) in [5.74, 6) is 7.18. The molecule has 2 aromatic heterocycles. The van der Waals surface area contributed by atoms with Crippen molar-refractivity contribution in [3.05, 3.63) is 41.0 Å². The summed E-state index contributed by atoms with van der Waals surface area (Å²) in [7, 11) is 0. The van der Waals surface area contributed by atoms with Crippen LogP contribution in [0.5, 0.6) is 0 Å². The summed E-state index contributed by atoms with van der Waals surface area (Å²) >= 11 is 6.65. The van der Waals surface area contributed by atoms with Crippen LogP contribution in [0, 0.1) is 17.8 Å². The number of halogens is 1. The van der Waals surface area contributed by atoms with Gasteiger partial charge in [0, 0.05) is 23.3 Å². The van der Waals surface area contributed by atoms with Gasteiger partial charge in [-0.3, -0.25) is 0 Å². The van der Waals surface area contributed by atoms with Crippen molar-refractivity contribution in [2.45, 2.75) is 45.8 Å². The molecule has 0 atom stereocenters. The van der Waals surface area contributed by atoms with Crippen molar-refractivity contribution in [1.29, 1.82) is 0 Å². The Hall–Kier alpha value is -2.02. The van der Waals surface area contributed by atoms with E-state index in [0.29, 0.717) is 24.3 Å². The molecule has 1 aliphatic carbocycles. The van der Waals surface area contributed by atoms with Crippen LogP contribution in [0.15, 0.2) is 30.3 Å². The lowest BCUT2D eigenvalue weighted by Crippen LogP contribution is -2.04. The second-order valence-electron chi connectivity index (χ2n) is 6.86. The number of nitrogens with zero attached hydrogens (tertiary/aromatic N) is 2. The topological polar surface area (TPSA) is 27.1 Å². The fraction of sp³-hybridized carbons (Fsp3) is 0.409. The fourth-order valence-corrected chi connectivity index (χ4v) is 4.07. The first-order valence-electron chi connectivity index (χ1n) is 9.44. The summed E-state index contributed by atoms with van der Waals surface area (Å²) in [6.45, 7) is 3.11. The Morgan fingerprint density at radius 2 is 2.04 bits per heavy atom. The number of ether oxygens (including phenoxy) is 1. The Labute approximate surface area is 159 Å². The zero-order valence-corrected chi connectivity index (χ0v) is 15.9. The van der Waals surface area contributed by atoms with Gasteiger partial charge in [-0.2, -0.15) is 0 Å². The third-order valence-corrected chi connectivity index (χ3v) is 5.40. The van der Waals surface area contributed by atoms with Gasteiger partial charge in [-0.1, -0.05) is 55.0 Å². The van der Waals surface area contributed by atoms with Gasteiger partial charge in [-0.05, 0) is 37.8 Å². The van der Waals surface area contributed by atoms with Gasteiger partial charge in [0.1, 0.15) is 18.1 Å². The van der Waals surface area contributed by atoms with Crippen molar-refractivity contribution in [2.75, 3.05) is 6.61 Å². The Morgan fingerprint density at radius 3 is 2.85 bits per heavy atom. The highest BCUT2D eigenvalue weighted by Gasteiger charge is 2.16. The summed E-state index contributed by atoms with van der Waals surface area (Å²) in [5, 5.41) is 2.78. The molecule has 0 N–H and O–H groups in total. The first-order chi connectivity index (χ1) is 12.8. The van der Waals surface area contributed by atoms with Gasteiger partial charge in [0.25, 0.3) is 0 Å². The summed E-state index contributed by atoms with van der Waals surface area (Å²) in [6.07, 6.45) is 6.32. The average molecular weight is 367 g/mol. The number of pyridine rings is 1. The minimum Gasteiger partial charge on any atom is -0.361 e. The second-order valence-corrected chi connectivity index (χ2v) is 7.27. The molecule has 26 heavy (non-hydrogen) atoms. The molecule has 2 heterocycles. The molecule has 0 spiro atoms. The van der Waals surface area contributed by atoms with Crippen molar-refractivity contribution >= 4 is 33.5 Å². The Kier molecular flexibility index (Phi) is 5.15. The number of aromatic nitrogens is 2. The molecule has 0 saturated heterocycles. The lowest BCUT2D eigenvalue weighted by atomic mass is 9.90. The highest BCUT2D eigenvalue weighted by atomic mass is 35.5. The fourth-order valence-electron chi connectivity index (χ4n) is 3.78. The summed E-state index contributed by atoms with van der Waals surface area (Å²) in [5.41, 5.74) is 2.68. The third-order valence-electron chi connectivity index (χ3n) is 5.11. The Morgan fingerprint density at radius 1 is 1.23 bits per heavy atom. The predicted octanol–water partition coefficient (Wildman–Crippen LogP) is 5.77. The van der Waals surface area contributed by atoms with Gasteiger partial charge in [0.05, 0.1) is 10.5 Å². The maximum Gasteiger partial charge on any atom is 0.145 e. The Bertz CT molecular complexity index is 990. The first-order valence-corrected chi connectivity index (χ1v) is 9.82. The van der Waals surface area contributed by atoms with Crippen molar-refractivity contribution in [3.63, 3.8) is 0 Å². The van der Waals surface area contributed by atoms with Gasteiger partial charge in [0.15, 0.2) is 0 Å². The van der Waals surface area contributed by atoms with E-state index in [1.807, 2.05) is 25.1 Å². The zero-order chi connectivity index (χ0) is 17.9. The number of rotatable bonds is 3. The number of para-hydroxylation sites is 1. The van der Waals surface area contributed by atoms with E-state index >= 15 is 0 Å². The average Bonchev–Trinajstić information content (AvgIpc) is 2.99. The minimum atomic E-state index is 0.462. The van der Waals surface area contributed by atoms with Gasteiger partial charge in [0.2, 0.25) is 0 Å². The van der Waals surface area contributed by atoms with Crippen LogP contribution in [-0.2, 0) is 11.5 Å². The van der Waals surface area contributed by atoms with Crippen molar-refractivity contribution < 1.29 is 4.74 Å². The van der Waals surface area contributed by atoms with E-state index in [2.05, 4.69) is 28.5 Å². The van der Waals surface area contributed by atoms with E-state index in [0.717, 1.165) is 27.6 Å². The van der Waals surface area contributed by atoms with E-state index in [-0.39, 0.29) is 0 Å². The van der Waals surface area contributed by atoms with E-state index in [4.69, 9.17) is 21.3 Å². The molecule has 4 rings (SSSR count). The van der Waals surface area contributed by atoms with Crippen molar-refractivity contribution in [1.82, 2.24) is 9.55 Å². The molecule has 4 heteroatoms. The van der Waals surface area contributed by atoms with Crippen LogP contribution < -0.4 is 0 Å². The van der Waals surface area contributed by atoms with Gasteiger partial charge >= 0.3 is 0 Å². The van der Waals surface area contributed by atoms with Crippen LogP contribution in [0.3, 0.4) is 0 Å². The SMILES string of the molecule is CCOCn1c2ccccc2c2c(Cl)cc(C#CC3CCCCC3)nc21. The maximum atomic E-state index is 6.65. The molecule has 0 aliphatic heterocycles. The first kappa shape index (κ1) is 17.4. The molecule has 134 valence electrons. The highest BCUT2D eigenvalue weighted by Crippen LogP contribution is 2.33. The van der Waals surface area contributed by atoms with E-state index in [1.165, 1.54) is 32.1 Å². The van der Waals surface area contributed by atoms with Crippen molar-refractivity contribution in [2.24, 2.45) is 5.92 Å². The molecule has 0 bridgehead atoms. The second kappa shape index (κ2) is 7.70.